The highest BCUT2D eigenvalue weighted by atomic mass is 79.9. The van der Waals surface area contributed by atoms with E-state index in [-0.39, 0.29) is 12.5 Å². The molecule has 0 aromatic heterocycles. The second-order valence-corrected chi connectivity index (χ2v) is 9.11. The van der Waals surface area contributed by atoms with Crippen LogP contribution in [0.25, 0.3) is 0 Å². The van der Waals surface area contributed by atoms with E-state index in [2.05, 4.69) is 15.9 Å². The maximum Gasteiger partial charge on any atom is 0.264 e. The number of rotatable bonds is 9. The van der Waals surface area contributed by atoms with E-state index in [9.17, 15) is 8.42 Å². The Bertz CT molecular complexity index is 843. The molecule has 0 amide bonds. The molecule has 0 radical (unpaired) electrons. The lowest BCUT2D eigenvalue weighted by Gasteiger charge is -2.18. The molecule has 8 heteroatoms. The van der Waals surface area contributed by atoms with Gasteiger partial charge in [-0.05, 0) is 58.6 Å². The minimum Gasteiger partial charge on any atom is -0.492 e. The van der Waals surface area contributed by atoms with Crippen molar-refractivity contribution >= 4 is 49.2 Å². The molecule has 0 aliphatic heterocycles. The molecule has 0 heterocycles. The first-order chi connectivity index (χ1) is 12.3. The molecule has 0 spiro atoms. The van der Waals surface area contributed by atoms with Gasteiger partial charge in [-0.25, -0.2) is 0 Å². The van der Waals surface area contributed by atoms with Crippen LogP contribution in [0.15, 0.2) is 46.9 Å². The van der Waals surface area contributed by atoms with Gasteiger partial charge in [0.05, 0.1) is 23.9 Å². The van der Waals surface area contributed by atoms with Crippen molar-refractivity contribution in [2.45, 2.75) is 18.8 Å². The van der Waals surface area contributed by atoms with Gasteiger partial charge in [0.2, 0.25) is 0 Å². The Morgan fingerprint density at radius 2 is 1.88 bits per heavy atom. The minimum absolute atomic E-state index is 0.0230. The maximum absolute atomic E-state index is 11.4. The zero-order chi connectivity index (χ0) is 19.2. The van der Waals surface area contributed by atoms with Crippen molar-refractivity contribution in [3.8, 4) is 5.75 Å². The standard InChI is InChI=1S/C18H19BrCl2O4S/c1-26(22,23)25-12-13(15-9-8-14(20)11-17(15)21)5-4-10-24-18-7-3-2-6-16(18)19/h2-3,6-9,11,13H,4-5,10,12H2,1H3/t13-/m0/s1. The molecule has 26 heavy (non-hydrogen) atoms. The average molecular weight is 482 g/mol. The summed E-state index contributed by atoms with van der Waals surface area (Å²) in [5.74, 6) is 0.582. The van der Waals surface area contributed by atoms with Crippen LogP contribution in [-0.2, 0) is 14.3 Å². The fraction of sp³-hybridized carbons (Fsp3) is 0.333. The molecule has 1 atom stereocenters. The molecule has 0 unspecified atom stereocenters. The summed E-state index contributed by atoms with van der Waals surface area (Å²) in [5, 5.41) is 1.02. The number of hydrogen-bond acceptors (Lipinski definition) is 4. The SMILES string of the molecule is CS(=O)(=O)OC[C@H](CCCOc1ccccc1Br)c1ccc(Cl)cc1Cl. The number of benzene rings is 2. The van der Waals surface area contributed by atoms with E-state index in [4.69, 9.17) is 32.1 Å². The molecular weight excluding hydrogens is 463 g/mol. The summed E-state index contributed by atoms with van der Waals surface area (Å²) in [5.41, 5.74) is 0.806. The molecule has 4 nitrogen and oxygen atoms in total. The van der Waals surface area contributed by atoms with Crippen LogP contribution >= 0.6 is 39.1 Å². The summed E-state index contributed by atoms with van der Waals surface area (Å²) in [6.07, 6.45) is 2.39. The number of halogens is 3. The van der Waals surface area contributed by atoms with Gasteiger partial charge >= 0.3 is 0 Å². The monoisotopic (exact) mass is 480 g/mol. The van der Waals surface area contributed by atoms with Crippen molar-refractivity contribution in [3.63, 3.8) is 0 Å². The number of para-hydroxylation sites is 1. The Morgan fingerprint density at radius 3 is 2.54 bits per heavy atom. The fourth-order valence-corrected chi connectivity index (χ4v) is 3.81. The highest BCUT2D eigenvalue weighted by Gasteiger charge is 2.18. The second kappa shape index (κ2) is 9.95. The van der Waals surface area contributed by atoms with Crippen molar-refractivity contribution in [3.05, 3.63) is 62.5 Å². The molecule has 0 saturated heterocycles. The van der Waals surface area contributed by atoms with Crippen LogP contribution in [0, 0.1) is 0 Å². The lowest BCUT2D eigenvalue weighted by molar-refractivity contribution is 0.263. The van der Waals surface area contributed by atoms with E-state index in [0.717, 1.165) is 22.0 Å². The van der Waals surface area contributed by atoms with Gasteiger partial charge in [0.15, 0.2) is 0 Å². The molecule has 0 saturated carbocycles. The topological polar surface area (TPSA) is 52.6 Å². The molecular formula is C18H19BrCl2O4S. The van der Waals surface area contributed by atoms with E-state index in [1.807, 2.05) is 24.3 Å². The van der Waals surface area contributed by atoms with Crippen LogP contribution in [0.3, 0.4) is 0 Å². The van der Waals surface area contributed by atoms with Crippen molar-refractivity contribution in [1.82, 2.24) is 0 Å². The predicted molar refractivity (Wildman–Crippen MR) is 109 cm³/mol. The minimum atomic E-state index is -3.53. The first-order valence-corrected chi connectivity index (χ1v) is 11.3. The highest BCUT2D eigenvalue weighted by Crippen LogP contribution is 2.31. The van der Waals surface area contributed by atoms with E-state index < -0.39 is 10.1 Å². The van der Waals surface area contributed by atoms with Gasteiger partial charge in [-0.15, -0.1) is 0 Å². The second-order valence-electron chi connectivity index (χ2n) is 5.77. The zero-order valence-corrected chi connectivity index (χ0v) is 18.0. The van der Waals surface area contributed by atoms with Gasteiger partial charge in [0.1, 0.15) is 5.75 Å². The van der Waals surface area contributed by atoms with Gasteiger partial charge in [0.25, 0.3) is 10.1 Å². The first kappa shape index (κ1) is 21.5. The highest BCUT2D eigenvalue weighted by molar-refractivity contribution is 9.10. The van der Waals surface area contributed by atoms with Gasteiger partial charge in [-0.1, -0.05) is 41.4 Å². The van der Waals surface area contributed by atoms with Crippen LogP contribution in [0.1, 0.15) is 24.3 Å². The molecule has 2 aromatic carbocycles. The molecule has 0 bridgehead atoms. The molecule has 142 valence electrons. The summed E-state index contributed by atoms with van der Waals surface area (Å²) < 4.78 is 34.3. The fourth-order valence-electron chi connectivity index (χ4n) is 2.44. The van der Waals surface area contributed by atoms with Gasteiger partial charge in [-0.3, -0.25) is 4.18 Å². The largest absolute Gasteiger partial charge is 0.492 e. The molecule has 2 rings (SSSR count). The maximum atomic E-state index is 11.4. The van der Waals surface area contributed by atoms with Crippen LogP contribution in [-0.4, -0.2) is 27.9 Å². The van der Waals surface area contributed by atoms with Gasteiger partial charge in [0, 0.05) is 16.0 Å². The summed E-state index contributed by atoms with van der Waals surface area (Å²) in [4.78, 5) is 0. The Balaban J connectivity index is 2.00. The molecule has 0 aliphatic carbocycles. The molecule has 0 N–H and O–H groups in total. The van der Waals surface area contributed by atoms with Crippen molar-refractivity contribution in [1.29, 1.82) is 0 Å². The quantitative estimate of drug-likeness (QED) is 0.341. The van der Waals surface area contributed by atoms with Gasteiger partial charge < -0.3 is 4.74 Å². The normalized spacial score (nSPS) is 12.8. The van der Waals surface area contributed by atoms with E-state index in [1.165, 1.54) is 0 Å². The van der Waals surface area contributed by atoms with Crippen LogP contribution < -0.4 is 4.74 Å². The van der Waals surface area contributed by atoms with Crippen LogP contribution in [0.5, 0.6) is 5.75 Å². The number of ether oxygens (including phenoxy) is 1. The average Bonchev–Trinajstić information content (AvgIpc) is 2.55. The lowest BCUT2D eigenvalue weighted by atomic mass is 9.95. The third kappa shape index (κ3) is 7.08. The Kier molecular flexibility index (Phi) is 8.23. The smallest absolute Gasteiger partial charge is 0.264 e. The third-order valence-electron chi connectivity index (χ3n) is 3.68. The molecule has 0 aliphatic rings. The van der Waals surface area contributed by atoms with Crippen molar-refractivity contribution in [2.24, 2.45) is 0 Å². The predicted octanol–water partition coefficient (Wildman–Crippen LogP) is 5.67. The first-order valence-electron chi connectivity index (χ1n) is 7.93. The van der Waals surface area contributed by atoms with Crippen LogP contribution in [0.4, 0.5) is 0 Å². The summed E-state index contributed by atoms with van der Waals surface area (Å²) in [7, 11) is -3.53. The summed E-state index contributed by atoms with van der Waals surface area (Å²) in [6, 6.07) is 12.8. The number of hydrogen-bond donors (Lipinski definition) is 0. The Labute approximate surface area is 172 Å². The third-order valence-corrected chi connectivity index (χ3v) is 5.46. The van der Waals surface area contributed by atoms with Crippen molar-refractivity contribution < 1.29 is 17.3 Å². The van der Waals surface area contributed by atoms with E-state index >= 15 is 0 Å². The van der Waals surface area contributed by atoms with Crippen molar-refractivity contribution in [2.75, 3.05) is 19.5 Å². The zero-order valence-electron chi connectivity index (χ0n) is 14.1. The Hall–Kier alpha value is -0.790. The Morgan fingerprint density at radius 1 is 1.15 bits per heavy atom. The molecule has 2 aromatic rings. The van der Waals surface area contributed by atoms with E-state index in [0.29, 0.717) is 29.5 Å². The lowest BCUT2D eigenvalue weighted by Crippen LogP contribution is -2.14. The summed E-state index contributed by atoms with van der Waals surface area (Å²) >= 11 is 15.7. The molecule has 0 fully saturated rings. The van der Waals surface area contributed by atoms with Crippen LogP contribution in [0.2, 0.25) is 10.0 Å². The van der Waals surface area contributed by atoms with Gasteiger partial charge in [-0.2, -0.15) is 8.42 Å². The van der Waals surface area contributed by atoms with E-state index in [1.54, 1.807) is 18.2 Å². The summed E-state index contributed by atoms with van der Waals surface area (Å²) in [6.45, 7) is 0.512.